The van der Waals surface area contributed by atoms with Gasteiger partial charge in [0.05, 0.1) is 18.4 Å². The minimum absolute atomic E-state index is 0.173. The highest BCUT2D eigenvalue weighted by molar-refractivity contribution is 5.80. The molecule has 0 unspecified atom stereocenters. The Bertz CT molecular complexity index is 749. The second-order valence-electron chi connectivity index (χ2n) is 7.18. The van der Waals surface area contributed by atoms with E-state index < -0.39 is 36.5 Å². The number of nitrogens with one attached hydrogen (secondary N) is 1. The van der Waals surface area contributed by atoms with E-state index in [9.17, 15) is 27.9 Å². The van der Waals surface area contributed by atoms with Crippen molar-refractivity contribution in [1.29, 1.82) is 0 Å². The van der Waals surface area contributed by atoms with Crippen LogP contribution in [-0.2, 0) is 11.3 Å². The summed E-state index contributed by atoms with van der Waals surface area (Å²) >= 11 is 0. The second kappa shape index (κ2) is 7.63. The van der Waals surface area contributed by atoms with Crippen LogP contribution in [0.5, 0.6) is 0 Å². The van der Waals surface area contributed by atoms with Crippen molar-refractivity contribution in [2.45, 2.75) is 44.6 Å². The van der Waals surface area contributed by atoms with Gasteiger partial charge in [0.25, 0.3) is 5.56 Å². The molecule has 0 spiro atoms. The lowest BCUT2D eigenvalue weighted by atomic mass is 9.86. The molecule has 27 heavy (non-hydrogen) atoms. The quantitative estimate of drug-likeness (QED) is 0.772. The second-order valence-corrected chi connectivity index (χ2v) is 7.18. The summed E-state index contributed by atoms with van der Waals surface area (Å²) in [4.78, 5) is 26.7. The van der Waals surface area contributed by atoms with E-state index in [2.05, 4.69) is 5.32 Å². The van der Waals surface area contributed by atoms with Crippen LogP contribution >= 0.6 is 0 Å². The topological polar surface area (TPSA) is 74.6 Å². The number of carbonyl (C=O) groups is 1. The monoisotopic (exact) mass is 387 g/mol. The first kappa shape index (κ1) is 19.9. The lowest BCUT2D eigenvalue weighted by Crippen LogP contribution is -2.47. The number of pyridine rings is 1. The minimum atomic E-state index is -4.32. The number of carbonyl (C=O) groups excluding carboxylic acids is 1. The predicted octanol–water partition coefficient (Wildman–Crippen LogP) is 1.29. The first-order valence-electron chi connectivity index (χ1n) is 9.19. The number of amides is 1. The van der Waals surface area contributed by atoms with Gasteiger partial charge in [0.15, 0.2) is 0 Å². The predicted molar refractivity (Wildman–Crippen MR) is 92.0 cm³/mol. The Morgan fingerprint density at radius 2 is 2.11 bits per heavy atom. The van der Waals surface area contributed by atoms with Gasteiger partial charge in [0.2, 0.25) is 5.91 Å². The van der Waals surface area contributed by atoms with Crippen LogP contribution in [0.1, 0.15) is 31.5 Å². The maximum atomic E-state index is 12.8. The summed E-state index contributed by atoms with van der Waals surface area (Å²) in [6.45, 7) is 1.94. The van der Waals surface area contributed by atoms with Crippen LogP contribution in [-0.4, -0.2) is 52.4 Å². The lowest BCUT2D eigenvalue weighted by Gasteiger charge is -2.38. The normalized spacial score (nSPS) is 27.4. The molecule has 3 rings (SSSR count). The molecule has 4 atom stereocenters. The van der Waals surface area contributed by atoms with Crippen molar-refractivity contribution in [3.8, 4) is 0 Å². The van der Waals surface area contributed by atoms with Crippen LogP contribution in [0.4, 0.5) is 13.2 Å². The highest BCUT2D eigenvalue weighted by Gasteiger charge is 2.55. The van der Waals surface area contributed by atoms with Gasteiger partial charge in [-0.05, 0) is 12.5 Å². The number of aliphatic hydroxyl groups excluding tert-OH is 1. The third-order valence-electron chi connectivity index (χ3n) is 5.55. The van der Waals surface area contributed by atoms with Crippen molar-refractivity contribution >= 4 is 5.91 Å². The Morgan fingerprint density at radius 3 is 2.74 bits per heavy atom. The molecule has 2 aliphatic rings. The Morgan fingerprint density at radius 1 is 1.37 bits per heavy atom. The Labute approximate surface area is 155 Å². The summed E-state index contributed by atoms with van der Waals surface area (Å²) < 4.78 is 40.0. The van der Waals surface area contributed by atoms with Gasteiger partial charge in [-0.2, -0.15) is 13.2 Å². The van der Waals surface area contributed by atoms with Crippen molar-refractivity contribution in [2.24, 2.45) is 11.8 Å². The highest BCUT2D eigenvalue weighted by atomic mass is 19.4. The van der Waals surface area contributed by atoms with Crippen molar-refractivity contribution in [3.63, 3.8) is 0 Å². The molecule has 2 bridgehead atoms. The number of aromatic nitrogens is 1. The standard InChI is InChI=1S/C18H24F3N3O3/c1-2-7-22-17(27)15-11(10-25)13-9-24-12(4-3-5-14(24)26)16(15)23(13)8-6-18(19,20)21/h3-5,11,13,15-16,25H,2,6-10H2,1H3,(H,22,27)/t11-,13-,15+,16+/m1/s1. The van der Waals surface area contributed by atoms with E-state index >= 15 is 0 Å². The number of aliphatic hydroxyl groups is 1. The molecule has 0 saturated carbocycles. The molecule has 9 heteroatoms. The summed E-state index contributed by atoms with van der Waals surface area (Å²) in [6, 6.07) is 3.49. The van der Waals surface area contributed by atoms with E-state index in [4.69, 9.17) is 0 Å². The Kier molecular flexibility index (Phi) is 5.62. The number of halogens is 3. The van der Waals surface area contributed by atoms with E-state index in [1.54, 1.807) is 17.0 Å². The molecular weight excluding hydrogens is 363 g/mol. The van der Waals surface area contributed by atoms with Crippen LogP contribution in [0.2, 0.25) is 0 Å². The fraction of sp³-hybridized carbons (Fsp3) is 0.667. The molecule has 0 aromatic carbocycles. The molecule has 1 aromatic heterocycles. The summed E-state index contributed by atoms with van der Waals surface area (Å²) in [5.74, 6) is -1.51. The van der Waals surface area contributed by atoms with Crippen molar-refractivity contribution in [3.05, 3.63) is 34.2 Å². The van der Waals surface area contributed by atoms with Crippen LogP contribution < -0.4 is 10.9 Å². The lowest BCUT2D eigenvalue weighted by molar-refractivity contribution is -0.140. The van der Waals surface area contributed by atoms with Crippen LogP contribution in [0.3, 0.4) is 0 Å². The summed E-state index contributed by atoms with van der Waals surface area (Å²) in [5.41, 5.74) is 0.290. The van der Waals surface area contributed by atoms with E-state index in [0.29, 0.717) is 12.2 Å². The number of hydrogen-bond donors (Lipinski definition) is 2. The molecule has 2 aliphatic heterocycles. The van der Waals surface area contributed by atoms with E-state index in [1.165, 1.54) is 10.6 Å². The first-order valence-corrected chi connectivity index (χ1v) is 9.19. The van der Waals surface area contributed by atoms with Crippen molar-refractivity contribution in [2.75, 3.05) is 19.7 Å². The molecule has 150 valence electrons. The average Bonchev–Trinajstić information content (AvgIpc) is 2.83. The first-order chi connectivity index (χ1) is 12.8. The van der Waals surface area contributed by atoms with Gasteiger partial charge >= 0.3 is 6.18 Å². The van der Waals surface area contributed by atoms with Crippen LogP contribution in [0.15, 0.2) is 23.0 Å². The average molecular weight is 387 g/mol. The SMILES string of the molecule is CCCNC(=O)[C@H]1[C@H](CO)[C@H]2Cn3c(cccc3=O)[C@@H]1N2CCC(F)(F)F. The molecule has 1 amide bonds. The Balaban J connectivity index is 2.01. The summed E-state index contributed by atoms with van der Waals surface area (Å²) in [7, 11) is 0. The summed E-state index contributed by atoms with van der Waals surface area (Å²) in [6.07, 6.45) is -4.59. The highest BCUT2D eigenvalue weighted by Crippen LogP contribution is 2.48. The fourth-order valence-electron chi connectivity index (χ4n) is 4.40. The van der Waals surface area contributed by atoms with Crippen molar-refractivity contribution < 1.29 is 23.1 Å². The minimum Gasteiger partial charge on any atom is -0.396 e. The molecule has 3 heterocycles. The molecule has 2 N–H and O–H groups in total. The third kappa shape index (κ3) is 3.75. The summed E-state index contributed by atoms with van der Waals surface area (Å²) in [5, 5.41) is 12.7. The maximum Gasteiger partial charge on any atom is 0.390 e. The maximum absolute atomic E-state index is 12.8. The van der Waals surface area contributed by atoms with Gasteiger partial charge in [-0.15, -0.1) is 0 Å². The molecule has 1 fully saturated rings. The number of rotatable bonds is 6. The molecule has 0 aliphatic carbocycles. The number of nitrogens with zero attached hydrogens (tertiary/aromatic N) is 2. The van der Waals surface area contributed by atoms with Crippen molar-refractivity contribution in [1.82, 2.24) is 14.8 Å². The zero-order chi connectivity index (χ0) is 19.8. The zero-order valence-corrected chi connectivity index (χ0v) is 15.1. The smallest absolute Gasteiger partial charge is 0.390 e. The van der Waals surface area contributed by atoms with Gasteiger partial charge < -0.3 is 15.0 Å². The van der Waals surface area contributed by atoms with Gasteiger partial charge in [0, 0.05) is 50.0 Å². The molecule has 1 aromatic rings. The number of alkyl halides is 3. The van der Waals surface area contributed by atoms with Gasteiger partial charge in [-0.1, -0.05) is 13.0 Å². The van der Waals surface area contributed by atoms with Gasteiger partial charge in [-0.25, -0.2) is 0 Å². The third-order valence-corrected chi connectivity index (χ3v) is 5.55. The van der Waals surface area contributed by atoms with Gasteiger partial charge in [-0.3, -0.25) is 14.5 Å². The number of hydrogen-bond acceptors (Lipinski definition) is 4. The fourth-order valence-corrected chi connectivity index (χ4v) is 4.40. The largest absolute Gasteiger partial charge is 0.396 e. The van der Waals surface area contributed by atoms with E-state index in [1.807, 2.05) is 6.92 Å². The zero-order valence-electron chi connectivity index (χ0n) is 15.1. The van der Waals surface area contributed by atoms with Crippen LogP contribution in [0, 0.1) is 11.8 Å². The number of fused-ring (bicyclic) bond motifs is 4. The van der Waals surface area contributed by atoms with E-state index in [-0.39, 0.29) is 31.2 Å². The molecule has 6 nitrogen and oxygen atoms in total. The van der Waals surface area contributed by atoms with Gasteiger partial charge in [0.1, 0.15) is 0 Å². The molecular formula is C18H24F3N3O3. The Hall–Kier alpha value is -1.87. The van der Waals surface area contributed by atoms with Crippen LogP contribution in [0.25, 0.3) is 0 Å². The molecule has 1 saturated heterocycles. The van der Waals surface area contributed by atoms with E-state index in [0.717, 1.165) is 6.42 Å². The molecule has 0 radical (unpaired) electrons.